The summed E-state index contributed by atoms with van der Waals surface area (Å²) in [6, 6.07) is 2.88. The molecule has 0 saturated heterocycles. The Morgan fingerprint density at radius 3 is 2.52 bits per heavy atom. The van der Waals surface area contributed by atoms with Crippen molar-refractivity contribution in [3.05, 3.63) is 35.4 Å². The third-order valence-electron chi connectivity index (χ3n) is 3.01. The van der Waals surface area contributed by atoms with E-state index in [2.05, 4.69) is 5.32 Å². The summed E-state index contributed by atoms with van der Waals surface area (Å²) in [6.07, 6.45) is 0.113. The minimum Gasteiger partial charge on any atom is -0.481 e. The van der Waals surface area contributed by atoms with Crippen LogP contribution in [-0.4, -0.2) is 23.5 Å². The number of carbonyl (C=O) groups excluding carboxylic acids is 1. The highest BCUT2D eigenvalue weighted by Gasteiger charge is 2.20. The highest BCUT2D eigenvalue weighted by molar-refractivity contribution is 5.79. The number of nitrogens with one attached hydrogen (secondary N) is 1. The van der Waals surface area contributed by atoms with Crippen LogP contribution in [0.2, 0.25) is 0 Å². The van der Waals surface area contributed by atoms with Gasteiger partial charge in [0, 0.05) is 12.1 Å². The fourth-order valence-electron chi connectivity index (χ4n) is 1.99. The van der Waals surface area contributed by atoms with Gasteiger partial charge in [-0.3, -0.25) is 9.59 Å². The summed E-state index contributed by atoms with van der Waals surface area (Å²) in [6.45, 7) is 3.75. The molecule has 0 fully saturated rings. The van der Waals surface area contributed by atoms with Crippen molar-refractivity contribution in [2.24, 2.45) is 11.8 Å². The molecule has 0 saturated carbocycles. The van der Waals surface area contributed by atoms with Crippen LogP contribution < -0.4 is 5.32 Å². The summed E-state index contributed by atoms with van der Waals surface area (Å²) in [5.41, 5.74) is -0.0526. The van der Waals surface area contributed by atoms with E-state index < -0.39 is 29.4 Å². The van der Waals surface area contributed by atoms with Crippen LogP contribution in [0, 0.1) is 23.5 Å². The second kappa shape index (κ2) is 7.71. The molecule has 1 unspecified atom stereocenters. The first-order valence-corrected chi connectivity index (χ1v) is 6.73. The number of amides is 1. The van der Waals surface area contributed by atoms with Crippen LogP contribution in [0.5, 0.6) is 0 Å². The van der Waals surface area contributed by atoms with Crippen molar-refractivity contribution in [2.75, 3.05) is 6.54 Å². The molecule has 116 valence electrons. The number of benzene rings is 1. The standard InChI is InChI=1S/C15H19F2NO3/c1-9(2)5-11(15(20)21)8-18-14(19)7-10-6-12(16)3-4-13(10)17/h3-4,6,9,11H,5,7-8H2,1-2H3,(H,18,19)(H,20,21). The largest absolute Gasteiger partial charge is 0.481 e. The van der Waals surface area contributed by atoms with Crippen molar-refractivity contribution in [1.29, 1.82) is 0 Å². The van der Waals surface area contributed by atoms with Gasteiger partial charge in [0.05, 0.1) is 12.3 Å². The van der Waals surface area contributed by atoms with Crippen LogP contribution in [0.15, 0.2) is 18.2 Å². The number of carboxylic acids is 1. The Hall–Kier alpha value is -1.98. The number of hydrogen-bond acceptors (Lipinski definition) is 2. The molecule has 1 amide bonds. The molecule has 4 nitrogen and oxygen atoms in total. The number of rotatable bonds is 7. The Labute approximate surface area is 122 Å². The van der Waals surface area contributed by atoms with E-state index in [4.69, 9.17) is 5.11 Å². The van der Waals surface area contributed by atoms with Crippen molar-refractivity contribution in [3.8, 4) is 0 Å². The van der Waals surface area contributed by atoms with Crippen molar-refractivity contribution < 1.29 is 23.5 Å². The van der Waals surface area contributed by atoms with Gasteiger partial charge in [0.2, 0.25) is 5.91 Å². The number of aliphatic carboxylic acids is 1. The Morgan fingerprint density at radius 1 is 1.29 bits per heavy atom. The predicted octanol–water partition coefficient (Wildman–Crippen LogP) is 2.37. The van der Waals surface area contributed by atoms with Crippen LogP contribution in [0.25, 0.3) is 0 Å². The molecule has 0 aliphatic heterocycles. The lowest BCUT2D eigenvalue weighted by Crippen LogP contribution is -2.34. The first kappa shape index (κ1) is 17.1. The van der Waals surface area contributed by atoms with E-state index in [1.807, 2.05) is 13.8 Å². The van der Waals surface area contributed by atoms with Gasteiger partial charge in [0.15, 0.2) is 0 Å². The van der Waals surface area contributed by atoms with Gasteiger partial charge in [-0.15, -0.1) is 0 Å². The molecule has 0 heterocycles. The van der Waals surface area contributed by atoms with E-state index >= 15 is 0 Å². The van der Waals surface area contributed by atoms with Crippen LogP contribution in [0.1, 0.15) is 25.8 Å². The number of carbonyl (C=O) groups is 2. The van der Waals surface area contributed by atoms with Gasteiger partial charge < -0.3 is 10.4 Å². The first-order valence-electron chi connectivity index (χ1n) is 6.73. The number of hydrogen-bond donors (Lipinski definition) is 2. The lowest BCUT2D eigenvalue weighted by atomic mass is 9.97. The predicted molar refractivity (Wildman–Crippen MR) is 73.7 cm³/mol. The minimum absolute atomic E-state index is 0.0245. The molecule has 0 aliphatic carbocycles. The quantitative estimate of drug-likeness (QED) is 0.812. The van der Waals surface area contributed by atoms with Gasteiger partial charge >= 0.3 is 5.97 Å². The normalized spacial score (nSPS) is 12.2. The molecule has 2 N–H and O–H groups in total. The molecule has 0 bridgehead atoms. The molecule has 1 atom stereocenters. The maximum atomic E-state index is 13.4. The summed E-state index contributed by atoms with van der Waals surface area (Å²) in [4.78, 5) is 22.7. The third kappa shape index (κ3) is 5.89. The average molecular weight is 299 g/mol. The Kier molecular flexibility index (Phi) is 6.27. The van der Waals surface area contributed by atoms with Gasteiger partial charge in [-0.1, -0.05) is 13.8 Å². The zero-order valence-electron chi connectivity index (χ0n) is 12.0. The van der Waals surface area contributed by atoms with Crippen molar-refractivity contribution in [3.63, 3.8) is 0 Å². The SMILES string of the molecule is CC(C)CC(CNC(=O)Cc1cc(F)ccc1F)C(=O)O. The fourth-order valence-corrected chi connectivity index (χ4v) is 1.99. The molecular weight excluding hydrogens is 280 g/mol. The van der Waals surface area contributed by atoms with E-state index in [1.165, 1.54) is 0 Å². The highest BCUT2D eigenvalue weighted by atomic mass is 19.1. The molecule has 1 aromatic rings. The van der Waals surface area contributed by atoms with Crippen molar-refractivity contribution in [1.82, 2.24) is 5.32 Å². The topological polar surface area (TPSA) is 66.4 Å². The van der Waals surface area contributed by atoms with Gasteiger partial charge in [-0.2, -0.15) is 0 Å². The number of carboxylic acid groups (broad SMARTS) is 1. The van der Waals surface area contributed by atoms with Crippen LogP contribution in [0.4, 0.5) is 8.78 Å². The third-order valence-corrected chi connectivity index (χ3v) is 3.01. The van der Waals surface area contributed by atoms with Gasteiger partial charge in [-0.05, 0) is 30.5 Å². The van der Waals surface area contributed by atoms with Crippen LogP contribution in [-0.2, 0) is 16.0 Å². The van der Waals surface area contributed by atoms with Gasteiger partial charge in [0.25, 0.3) is 0 Å². The van der Waals surface area contributed by atoms with E-state index in [1.54, 1.807) is 0 Å². The van der Waals surface area contributed by atoms with Crippen LogP contribution in [0.3, 0.4) is 0 Å². The zero-order valence-corrected chi connectivity index (χ0v) is 12.0. The summed E-state index contributed by atoms with van der Waals surface area (Å²) in [5.74, 6) is -3.31. The second-order valence-electron chi connectivity index (χ2n) is 5.38. The average Bonchev–Trinajstić information content (AvgIpc) is 2.38. The first-order chi connectivity index (χ1) is 9.79. The summed E-state index contributed by atoms with van der Waals surface area (Å²) in [7, 11) is 0. The molecule has 0 spiro atoms. The lowest BCUT2D eigenvalue weighted by Gasteiger charge is -2.15. The van der Waals surface area contributed by atoms with E-state index in [0.717, 1.165) is 18.2 Å². The summed E-state index contributed by atoms with van der Waals surface area (Å²) in [5, 5.41) is 11.5. The summed E-state index contributed by atoms with van der Waals surface area (Å²) < 4.78 is 26.4. The van der Waals surface area contributed by atoms with E-state index in [9.17, 15) is 18.4 Å². The smallest absolute Gasteiger partial charge is 0.308 e. The van der Waals surface area contributed by atoms with Crippen LogP contribution >= 0.6 is 0 Å². The Morgan fingerprint density at radius 2 is 1.95 bits per heavy atom. The fraction of sp³-hybridized carbons (Fsp3) is 0.467. The highest BCUT2D eigenvalue weighted by Crippen LogP contribution is 2.12. The molecule has 0 aliphatic rings. The van der Waals surface area contributed by atoms with Crippen molar-refractivity contribution in [2.45, 2.75) is 26.7 Å². The Balaban J connectivity index is 2.57. The molecule has 1 aromatic carbocycles. The lowest BCUT2D eigenvalue weighted by molar-refractivity contribution is -0.142. The van der Waals surface area contributed by atoms with E-state index in [0.29, 0.717) is 6.42 Å². The Bertz CT molecular complexity index is 518. The molecule has 1 rings (SSSR count). The van der Waals surface area contributed by atoms with Gasteiger partial charge in [0.1, 0.15) is 11.6 Å². The molecular formula is C15H19F2NO3. The molecule has 0 radical (unpaired) electrons. The second-order valence-corrected chi connectivity index (χ2v) is 5.38. The molecule has 0 aromatic heterocycles. The monoisotopic (exact) mass is 299 g/mol. The zero-order chi connectivity index (χ0) is 16.0. The minimum atomic E-state index is -0.985. The molecule has 6 heteroatoms. The van der Waals surface area contributed by atoms with E-state index in [-0.39, 0.29) is 24.4 Å². The van der Waals surface area contributed by atoms with Crippen molar-refractivity contribution >= 4 is 11.9 Å². The van der Waals surface area contributed by atoms with Gasteiger partial charge in [-0.25, -0.2) is 8.78 Å². The maximum Gasteiger partial charge on any atom is 0.308 e. The maximum absolute atomic E-state index is 13.4. The summed E-state index contributed by atoms with van der Waals surface area (Å²) >= 11 is 0. The molecule has 21 heavy (non-hydrogen) atoms. The number of halogens is 2.